The average Bonchev–Trinajstić information content (AvgIpc) is 3.09. The van der Waals surface area contributed by atoms with Gasteiger partial charge in [0.15, 0.2) is 9.84 Å². The van der Waals surface area contributed by atoms with Crippen molar-refractivity contribution in [3.8, 4) is 0 Å². The van der Waals surface area contributed by atoms with Crippen molar-refractivity contribution in [3.05, 3.63) is 29.8 Å². The van der Waals surface area contributed by atoms with Gasteiger partial charge in [-0.05, 0) is 24.5 Å². The van der Waals surface area contributed by atoms with Crippen LogP contribution >= 0.6 is 0 Å². The quantitative estimate of drug-likeness (QED) is 0.758. The van der Waals surface area contributed by atoms with Crippen LogP contribution in [-0.2, 0) is 25.8 Å². The topological polar surface area (TPSA) is 74.8 Å². The molecule has 6 nitrogen and oxygen atoms in total. The Kier molecular flexibility index (Phi) is 4.14. The second-order valence-electron chi connectivity index (χ2n) is 6.16. The number of sulfone groups is 1. The third kappa shape index (κ3) is 3.24. The lowest BCUT2D eigenvalue weighted by molar-refractivity contribution is -0.135. The highest BCUT2D eigenvalue weighted by atomic mass is 32.2. The highest BCUT2D eigenvalue weighted by Crippen LogP contribution is 2.28. The average molecular weight is 336 g/mol. The molecular weight excluding hydrogens is 316 g/mol. The SMILES string of the molecule is CN(C(=O)CC(=O)N1CCc2ccccc21)C1CCS(=O)(=O)C1. The van der Waals surface area contributed by atoms with Gasteiger partial charge in [0.1, 0.15) is 6.42 Å². The molecular formula is C16H20N2O4S. The summed E-state index contributed by atoms with van der Waals surface area (Å²) in [5, 5.41) is 0. The number of carbonyl (C=O) groups excluding carboxylic acids is 2. The van der Waals surface area contributed by atoms with Crippen LogP contribution < -0.4 is 4.90 Å². The molecule has 2 heterocycles. The lowest BCUT2D eigenvalue weighted by Crippen LogP contribution is -2.41. The van der Waals surface area contributed by atoms with Gasteiger partial charge in [-0.3, -0.25) is 9.59 Å². The zero-order valence-electron chi connectivity index (χ0n) is 13.1. The van der Waals surface area contributed by atoms with Gasteiger partial charge in [0, 0.05) is 25.3 Å². The second kappa shape index (κ2) is 5.96. The van der Waals surface area contributed by atoms with Crippen molar-refractivity contribution in [3.63, 3.8) is 0 Å². The van der Waals surface area contributed by atoms with Gasteiger partial charge in [-0.2, -0.15) is 0 Å². The van der Waals surface area contributed by atoms with E-state index in [9.17, 15) is 18.0 Å². The zero-order chi connectivity index (χ0) is 16.6. The fourth-order valence-corrected chi connectivity index (χ4v) is 5.01. The molecule has 1 atom stereocenters. The minimum Gasteiger partial charge on any atom is -0.341 e. The molecule has 1 aromatic carbocycles. The minimum absolute atomic E-state index is 0.00399. The van der Waals surface area contributed by atoms with Crippen LogP contribution in [0.5, 0.6) is 0 Å². The second-order valence-corrected chi connectivity index (χ2v) is 8.39. The summed E-state index contributed by atoms with van der Waals surface area (Å²) in [7, 11) is -1.46. The molecule has 0 spiro atoms. The molecule has 0 bridgehead atoms. The molecule has 1 aromatic rings. The van der Waals surface area contributed by atoms with E-state index in [1.54, 1.807) is 11.9 Å². The molecule has 124 valence electrons. The summed E-state index contributed by atoms with van der Waals surface area (Å²) in [5.41, 5.74) is 1.99. The molecule has 0 radical (unpaired) electrons. The number of nitrogens with zero attached hydrogens (tertiary/aromatic N) is 2. The van der Waals surface area contributed by atoms with Crippen molar-refractivity contribution in [2.75, 3.05) is 30.0 Å². The number of rotatable bonds is 3. The third-order valence-corrected chi connectivity index (χ3v) is 6.39. The van der Waals surface area contributed by atoms with Gasteiger partial charge in [0.2, 0.25) is 11.8 Å². The van der Waals surface area contributed by atoms with E-state index in [-0.39, 0.29) is 35.8 Å². The molecule has 0 N–H and O–H groups in total. The molecule has 3 rings (SSSR count). The van der Waals surface area contributed by atoms with Crippen molar-refractivity contribution >= 4 is 27.3 Å². The number of hydrogen-bond donors (Lipinski definition) is 0. The maximum atomic E-state index is 12.4. The van der Waals surface area contributed by atoms with E-state index in [0.717, 1.165) is 17.7 Å². The van der Waals surface area contributed by atoms with Crippen LogP contribution in [0.3, 0.4) is 0 Å². The smallest absolute Gasteiger partial charge is 0.236 e. The molecule has 1 fully saturated rings. The summed E-state index contributed by atoms with van der Waals surface area (Å²) >= 11 is 0. The monoisotopic (exact) mass is 336 g/mol. The molecule has 1 saturated heterocycles. The van der Waals surface area contributed by atoms with E-state index in [1.165, 1.54) is 4.90 Å². The van der Waals surface area contributed by atoms with Crippen molar-refractivity contribution in [2.45, 2.75) is 25.3 Å². The molecule has 2 aliphatic rings. The first-order valence-electron chi connectivity index (χ1n) is 7.72. The first kappa shape index (κ1) is 16.0. The molecule has 7 heteroatoms. The Morgan fingerprint density at radius 1 is 1.30 bits per heavy atom. The number of fused-ring (bicyclic) bond motifs is 1. The van der Waals surface area contributed by atoms with Crippen LogP contribution in [0.1, 0.15) is 18.4 Å². The highest BCUT2D eigenvalue weighted by Gasteiger charge is 2.34. The van der Waals surface area contributed by atoms with Crippen LogP contribution in [-0.4, -0.2) is 56.3 Å². The van der Waals surface area contributed by atoms with Gasteiger partial charge in [0.25, 0.3) is 0 Å². The van der Waals surface area contributed by atoms with E-state index in [0.29, 0.717) is 13.0 Å². The Morgan fingerprint density at radius 2 is 2.04 bits per heavy atom. The lowest BCUT2D eigenvalue weighted by Gasteiger charge is -2.24. The predicted octanol–water partition coefficient (Wildman–Crippen LogP) is 0.611. The maximum Gasteiger partial charge on any atom is 0.236 e. The van der Waals surface area contributed by atoms with E-state index in [2.05, 4.69) is 0 Å². The molecule has 23 heavy (non-hydrogen) atoms. The number of para-hydroxylation sites is 1. The van der Waals surface area contributed by atoms with Crippen molar-refractivity contribution in [1.82, 2.24) is 4.90 Å². The first-order valence-corrected chi connectivity index (χ1v) is 9.54. The molecule has 0 aliphatic carbocycles. The Balaban J connectivity index is 1.63. The van der Waals surface area contributed by atoms with E-state index >= 15 is 0 Å². The summed E-state index contributed by atoms with van der Waals surface area (Å²) < 4.78 is 23.0. The molecule has 1 unspecified atom stereocenters. The number of benzene rings is 1. The Bertz CT molecular complexity index is 744. The number of amides is 2. The van der Waals surface area contributed by atoms with Crippen LogP contribution in [0.4, 0.5) is 5.69 Å². The van der Waals surface area contributed by atoms with Crippen LogP contribution in [0.2, 0.25) is 0 Å². The van der Waals surface area contributed by atoms with Gasteiger partial charge in [-0.1, -0.05) is 18.2 Å². The molecule has 0 saturated carbocycles. The van der Waals surface area contributed by atoms with Gasteiger partial charge >= 0.3 is 0 Å². The normalized spacial score (nSPS) is 22.0. The summed E-state index contributed by atoms with van der Waals surface area (Å²) in [6.07, 6.45) is 1.03. The predicted molar refractivity (Wildman–Crippen MR) is 86.9 cm³/mol. The summed E-state index contributed by atoms with van der Waals surface area (Å²) in [6.45, 7) is 0.590. The summed E-state index contributed by atoms with van der Waals surface area (Å²) in [5.74, 6) is -0.437. The van der Waals surface area contributed by atoms with Gasteiger partial charge < -0.3 is 9.80 Å². The van der Waals surface area contributed by atoms with Gasteiger partial charge in [0.05, 0.1) is 11.5 Å². The van der Waals surface area contributed by atoms with Crippen molar-refractivity contribution in [1.29, 1.82) is 0 Å². The summed E-state index contributed by atoms with van der Waals surface area (Å²) in [4.78, 5) is 27.8. The van der Waals surface area contributed by atoms with Crippen LogP contribution in [0.25, 0.3) is 0 Å². The lowest BCUT2D eigenvalue weighted by atomic mass is 10.2. The van der Waals surface area contributed by atoms with Gasteiger partial charge in [-0.25, -0.2) is 8.42 Å². The van der Waals surface area contributed by atoms with E-state index in [1.807, 2.05) is 24.3 Å². The zero-order valence-corrected chi connectivity index (χ0v) is 13.9. The Morgan fingerprint density at radius 3 is 2.74 bits per heavy atom. The highest BCUT2D eigenvalue weighted by molar-refractivity contribution is 7.91. The number of carbonyl (C=O) groups is 2. The first-order chi connectivity index (χ1) is 10.9. The molecule has 2 aliphatic heterocycles. The van der Waals surface area contributed by atoms with Crippen molar-refractivity contribution in [2.24, 2.45) is 0 Å². The Labute approximate surface area is 136 Å². The van der Waals surface area contributed by atoms with Crippen molar-refractivity contribution < 1.29 is 18.0 Å². The fourth-order valence-electron chi connectivity index (χ4n) is 3.23. The fraction of sp³-hybridized carbons (Fsp3) is 0.500. The largest absolute Gasteiger partial charge is 0.341 e. The summed E-state index contributed by atoms with van der Waals surface area (Å²) in [6, 6.07) is 7.37. The number of anilines is 1. The van der Waals surface area contributed by atoms with E-state index < -0.39 is 9.84 Å². The van der Waals surface area contributed by atoms with E-state index in [4.69, 9.17) is 0 Å². The Hall–Kier alpha value is -1.89. The van der Waals surface area contributed by atoms with Gasteiger partial charge in [-0.15, -0.1) is 0 Å². The molecule has 2 amide bonds. The number of hydrogen-bond acceptors (Lipinski definition) is 4. The van der Waals surface area contributed by atoms with Crippen LogP contribution in [0, 0.1) is 0 Å². The maximum absolute atomic E-state index is 12.4. The standard InChI is InChI=1S/C16H20N2O4S/c1-17(13-7-9-23(21,22)11-13)15(19)10-16(20)18-8-6-12-4-2-3-5-14(12)18/h2-5,13H,6-11H2,1H3. The third-order valence-electron chi connectivity index (χ3n) is 4.64. The molecule has 0 aromatic heterocycles. The minimum atomic E-state index is -3.05. The van der Waals surface area contributed by atoms with Crippen LogP contribution in [0.15, 0.2) is 24.3 Å².